The predicted octanol–water partition coefficient (Wildman–Crippen LogP) is 4.90. The molecule has 2 aromatic rings. The number of para-hydroxylation sites is 2. The van der Waals surface area contributed by atoms with Crippen molar-refractivity contribution in [3.63, 3.8) is 0 Å². The van der Waals surface area contributed by atoms with Crippen LogP contribution in [0.1, 0.15) is 40.0 Å². The normalized spacial score (nSPS) is 10.5. The maximum atomic E-state index is 12.3. The Morgan fingerprint density at radius 2 is 1.62 bits per heavy atom. The summed E-state index contributed by atoms with van der Waals surface area (Å²) in [5.74, 6) is 0.832. The molecule has 0 aliphatic rings. The van der Waals surface area contributed by atoms with Gasteiger partial charge in [0, 0.05) is 17.8 Å². The first kappa shape index (κ1) is 22.3. The Morgan fingerprint density at radius 3 is 2.31 bits per heavy atom. The number of carbonyl (C=O) groups excluding carboxylic acids is 2. The van der Waals surface area contributed by atoms with Crippen LogP contribution in [-0.4, -0.2) is 25.0 Å². The minimum absolute atomic E-state index is 0.0000853. The Bertz CT molecular complexity index is 788. The van der Waals surface area contributed by atoms with Gasteiger partial charge in [0.1, 0.15) is 5.75 Å². The number of nitrogens with one attached hydrogen (secondary N) is 3. The van der Waals surface area contributed by atoms with Crippen LogP contribution in [0.15, 0.2) is 48.5 Å². The van der Waals surface area contributed by atoms with E-state index in [4.69, 9.17) is 4.74 Å². The van der Waals surface area contributed by atoms with Gasteiger partial charge < -0.3 is 20.7 Å². The van der Waals surface area contributed by atoms with E-state index in [0.717, 1.165) is 24.2 Å². The van der Waals surface area contributed by atoms with Crippen LogP contribution < -0.4 is 20.7 Å². The lowest BCUT2D eigenvalue weighted by atomic mass is 10.1. The number of ether oxygens (including phenoxy) is 1. The molecule has 0 spiro atoms. The minimum atomic E-state index is -0.161. The molecule has 0 aliphatic carbocycles. The Hall–Kier alpha value is -3.02. The molecule has 0 saturated heterocycles. The first-order chi connectivity index (χ1) is 14.0. The molecule has 0 aliphatic heterocycles. The minimum Gasteiger partial charge on any atom is -0.491 e. The van der Waals surface area contributed by atoms with E-state index in [-0.39, 0.29) is 18.4 Å². The van der Waals surface area contributed by atoms with Gasteiger partial charge in [-0.1, -0.05) is 39.3 Å². The summed E-state index contributed by atoms with van der Waals surface area (Å²) in [6.07, 6.45) is 2.51. The van der Waals surface area contributed by atoms with Crippen molar-refractivity contribution in [1.29, 1.82) is 0 Å². The largest absolute Gasteiger partial charge is 0.491 e. The number of rotatable bonds is 11. The summed E-state index contributed by atoms with van der Waals surface area (Å²) in [5.41, 5.74) is 2.21. The third-order valence-electron chi connectivity index (χ3n) is 4.13. The lowest BCUT2D eigenvalue weighted by molar-refractivity contribution is -0.117. The Labute approximate surface area is 173 Å². The van der Waals surface area contributed by atoms with Crippen molar-refractivity contribution in [1.82, 2.24) is 0 Å². The van der Waals surface area contributed by atoms with Gasteiger partial charge in [-0.05, 0) is 48.7 Å². The summed E-state index contributed by atoms with van der Waals surface area (Å²) in [4.78, 5) is 24.1. The number of benzene rings is 2. The zero-order chi connectivity index (χ0) is 21.1. The maximum Gasteiger partial charge on any atom is 0.243 e. The van der Waals surface area contributed by atoms with E-state index in [2.05, 4.69) is 22.9 Å². The van der Waals surface area contributed by atoms with E-state index in [0.29, 0.717) is 30.4 Å². The van der Waals surface area contributed by atoms with E-state index in [9.17, 15) is 9.59 Å². The monoisotopic (exact) mass is 397 g/mol. The van der Waals surface area contributed by atoms with Crippen LogP contribution in [0, 0.1) is 5.92 Å². The lowest BCUT2D eigenvalue weighted by Gasteiger charge is -2.13. The highest BCUT2D eigenvalue weighted by molar-refractivity contribution is 5.95. The summed E-state index contributed by atoms with van der Waals surface area (Å²) in [7, 11) is 0. The van der Waals surface area contributed by atoms with E-state index in [1.807, 2.05) is 62.4 Å². The van der Waals surface area contributed by atoms with Gasteiger partial charge in [-0.2, -0.15) is 0 Å². The molecule has 0 aromatic heterocycles. The molecule has 2 amide bonds. The molecule has 0 bridgehead atoms. The molecule has 0 atom stereocenters. The molecule has 156 valence electrons. The van der Waals surface area contributed by atoms with Crippen molar-refractivity contribution in [2.45, 2.75) is 40.0 Å². The fraction of sp³-hybridized carbons (Fsp3) is 0.391. The van der Waals surface area contributed by atoms with Gasteiger partial charge in [-0.3, -0.25) is 9.59 Å². The van der Waals surface area contributed by atoms with Crippen molar-refractivity contribution in [3.8, 4) is 5.75 Å². The number of anilines is 3. The van der Waals surface area contributed by atoms with E-state index in [1.165, 1.54) is 0 Å². The quantitative estimate of drug-likeness (QED) is 0.471. The number of carbonyl (C=O) groups is 2. The highest BCUT2D eigenvalue weighted by Crippen LogP contribution is 2.24. The van der Waals surface area contributed by atoms with Crippen molar-refractivity contribution >= 4 is 28.9 Å². The van der Waals surface area contributed by atoms with Gasteiger partial charge in [0.25, 0.3) is 0 Å². The Kier molecular flexibility index (Phi) is 9.02. The standard InChI is InChI=1S/C23H31N3O3/c1-4-5-14-29-21-9-7-6-8-20(21)26-23(28)16-24-18-10-12-19(13-11-18)25-22(27)15-17(2)3/h6-13,17,24H,4-5,14-16H2,1-3H3,(H,25,27)(H,26,28). The molecule has 0 fully saturated rings. The molecule has 6 heteroatoms. The Balaban J connectivity index is 1.83. The molecule has 0 heterocycles. The molecule has 2 rings (SSSR count). The van der Waals surface area contributed by atoms with Crippen molar-refractivity contribution in [2.24, 2.45) is 5.92 Å². The molecular weight excluding hydrogens is 366 g/mol. The highest BCUT2D eigenvalue weighted by Gasteiger charge is 2.08. The smallest absolute Gasteiger partial charge is 0.243 e. The molecular formula is C23H31N3O3. The van der Waals surface area contributed by atoms with Crippen LogP contribution in [0.25, 0.3) is 0 Å². The third kappa shape index (κ3) is 8.25. The first-order valence-corrected chi connectivity index (χ1v) is 10.1. The second kappa shape index (κ2) is 11.7. The van der Waals surface area contributed by atoms with Crippen molar-refractivity contribution < 1.29 is 14.3 Å². The van der Waals surface area contributed by atoms with E-state index < -0.39 is 0 Å². The first-order valence-electron chi connectivity index (χ1n) is 10.1. The zero-order valence-electron chi connectivity index (χ0n) is 17.5. The Morgan fingerprint density at radius 1 is 0.931 bits per heavy atom. The number of hydrogen-bond acceptors (Lipinski definition) is 4. The predicted molar refractivity (Wildman–Crippen MR) is 118 cm³/mol. The fourth-order valence-electron chi connectivity index (χ4n) is 2.65. The summed E-state index contributed by atoms with van der Waals surface area (Å²) < 4.78 is 5.74. The van der Waals surface area contributed by atoms with Crippen LogP contribution in [-0.2, 0) is 9.59 Å². The van der Waals surface area contributed by atoms with Gasteiger partial charge >= 0.3 is 0 Å². The van der Waals surface area contributed by atoms with Crippen molar-refractivity contribution in [2.75, 3.05) is 29.1 Å². The number of hydrogen-bond donors (Lipinski definition) is 3. The van der Waals surface area contributed by atoms with Gasteiger partial charge in [-0.15, -0.1) is 0 Å². The number of unbranched alkanes of at least 4 members (excludes halogenated alkanes) is 1. The molecule has 6 nitrogen and oxygen atoms in total. The van der Waals surface area contributed by atoms with E-state index in [1.54, 1.807) is 0 Å². The summed E-state index contributed by atoms with van der Waals surface area (Å²) in [5, 5.41) is 8.83. The van der Waals surface area contributed by atoms with Crippen LogP contribution in [0.5, 0.6) is 5.75 Å². The average Bonchev–Trinajstić information content (AvgIpc) is 2.68. The second-order valence-corrected chi connectivity index (χ2v) is 7.32. The maximum absolute atomic E-state index is 12.3. The van der Waals surface area contributed by atoms with Crippen LogP contribution in [0.4, 0.5) is 17.1 Å². The molecule has 0 unspecified atom stereocenters. The third-order valence-corrected chi connectivity index (χ3v) is 4.13. The summed E-state index contributed by atoms with van der Waals surface area (Å²) >= 11 is 0. The zero-order valence-corrected chi connectivity index (χ0v) is 17.5. The lowest BCUT2D eigenvalue weighted by Crippen LogP contribution is -2.22. The average molecular weight is 398 g/mol. The van der Waals surface area contributed by atoms with E-state index >= 15 is 0 Å². The molecule has 29 heavy (non-hydrogen) atoms. The topological polar surface area (TPSA) is 79.5 Å². The van der Waals surface area contributed by atoms with Crippen LogP contribution in [0.2, 0.25) is 0 Å². The van der Waals surface area contributed by atoms with Gasteiger partial charge in [0.05, 0.1) is 18.8 Å². The summed E-state index contributed by atoms with van der Waals surface area (Å²) in [6, 6.07) is 14.7. The molecule has 0 saturated carbocycles. The fourth-order valence-corrected chi connectivity index (χ4v) is 2.65. The van der Waals surface area contributed by atoms with Gasteiger partial charge in [-0.25, -0.2) is 0 Å². The van der Waals surface area contributed by atoms with Gasteiger partial charge in [0.2, 0.25) is 11.8 Å². The molecule has 2 aromatic carbocycles. The van der Waals surface area contributed by atoms with Gasteiger partial charge in [0.15, 0.2) is 0 Å². The van der Waals surface area contributed by atoms with Crippen LogP contribution >= 0.6 is 0 Å². The molecule has 0 radical (unpaired) electrons. The number of amides is 2. The van der Waals surface area contributed by atoms with Crippen molar-refractivity contribution in [3.05, 3.63) is 48.5 Å². The van der Waals surface area contributed by atoms with Crippen LogP contribution in [0.3, 0.4) is 0 Å². The second-order valence-electron chi connectivity index (χ2n) is 7.32. The highest BCUT2D eigenvalue weighted by atomic mass is 16.5. The molecule has 3 N–H and O–H groups in total. The SMILES string of the molecule is CCCCOc1ccccc1NC(=O)CNc1ccc(NC(=O)CC(C)C)cc1. The summed E-state index contributed by atoms with van der Waals surface area (Å²) in [6.45, 7) is 6.87.